The zero-order valence-electron chi connectivity index (χ0n) is 15.3. The van der Waals surface area contributed by atoms with Gasteiger partial charge in [0.25, 0.3) is 0 Å². The van der Waals surface area contributed by atoms with E-state index < -0.39 is 5.91 Å². The summed E-state index contributed by atoms with van der Waals surface area (Å²) >= 11 is 3.38. The van der Waals surface area contributed by atoms with Crippen LogP contribution in [0.1, 0.15) is 21.4 Å². The molecule has 3 heterocycles. The Bertz CT molecular complexity index is 995. The fourth-order valence-electron chi connectivity index (χ4n) is 3.29. The molecule has 0 fully saturated rings. The minimum absolute atomic E-state index is 0.159. The number of nitrogens with one attached hydrogen (secondary N) is 3. The van der Waals surface area contributed by atoms with Gasteiger partial charge in [-0.2, -0.15) is 0 Å². The van der Waals surface area contributed by atoms with Crippen molar-refractivity contribution >= 4 is 45.0 Å². The van der Waals surface area contributed by atoms with Crippen LogP contribution in [0, 0.1) is 0 Å². The van der Waals surface area contributed by atoms with E-state index in [0.29, 0.717) is 0 Å². The monoisotopic (exact) mass is 414 g/mol. The summed E-state index contributed by atoms with van der Waals surface area (Å²) < 4.78 is 0. The number of carbonyl (C=O) groups is 1. The smallest absolute Gasteiger partial charge is 0.248 e. The van der Waals surface area contributed by atoms with Gasteiger partial charge in [0.05, 0.1) is 17.5 Å². The third kappa shape index (κ3) is 4.47. The lowest BCUT2D eigenvalue weighted by Gasteiger charge is -2.03. The van der Waals surface area contributed by atoms with Gasteiger partial charge >= 0.3 is 0 Å². The molecule has 2 aromatic heterocycles. The first-order valence-electron chi connectivity index (χ1n) is 9.19. The van der Waals surface area contributed by atoms with E-state index in [1.807, 2.05) is 18.2 Å². The Hall–Kier alpha value is -2.13. The number of aromatic nitrogens is 1. The molecule has 0 radical (unpaired) electrons. The van der Waals surface area contributed by atoms with E-state index in [2.05, 4.69) is 34.7 Å². The number of H-pyrrole nitrogens is 1. The molecule has 0 spiro atoms. The minimum Gasteiger partial charge on any atom is -0.361 e. The predicted octanol–water partition coefficient (Wildman–Crippen LogP) is 3.30. The first kappa shape index (κ1) is 19.2. The summed E-state index contributed by atoms with van der Waals surface area (Å²) in [6, 6.07) is 12.5. The lowest BCUT2D eigenvalue weighted by Crippen LogP contribution is -2.22. The van der Waals surface area contributed by atoms with E-state index >= 15 is 0 Å². The van der Waals surface area contributed by atoms with E-state index in [1.165, 1.54) is 21.3 Å². The molecule has 8 heteroatoms. The number of carbonyl (C=O) groups excluding carboxylic acids is 1. The third-order valence-corrected chi connectivity index (χ3v) is 6.95. The molecule has 1 amide bonds. The number of aromatic amines is 1. The van der Waals surface area contributed by atoms with Crippen LogP contribution in [0.3, 0.4) is 0 Å². The predicted molar refractivity (Wildman–Crippen MR) is 115 cm³/mol. The fraction of sp³-hybridized carbons (Fsp3) is 0.300. The number of aliphatic imine (C=N–C) groups is 1. The molecule has 0 aliphatic carbocycles. The summed E-state index contributed by atoms with van der Waals surface area (Å²) in [7, 11) is 0. The average molecular weight is 415 g/mol. The molecule has 0 bridgehead atoms. The van der Waals surface area contributed by atoms with Crippen LogP contribution in [0.4, 0.5) is 0 Å². The standard InChI is InChI=1S/C20H22N4O2S2/c25-19(24-26)9-14-5-6-18(28-14)17-12-27-20(23-17)11-21-8-7-13-10-22-16-4-2-1-3-15(13)16/h1-6,10,17,21-22,26H,7-9,11-12H2,(H,24,25). The van der Waals surface area contributed by atoms with Crippen LogP contribution >= 0.6 is 23.1 Å². The van der Waals surface area contributed by atoms with Crippen LogP contribution in [-0.2, 0) is 17.6 Å². The van der Waals surface area contributed by atoms with Gasteiger partial charge in [-0.15, -0.1) is 23.1 Å². The quantitative estimate of drug-likeness (QED) is 0.259. The molecule has 146 valence electrons. The lowest BCUT2D eigenvalue weighted by molar-refractivity contribution is -0.128. The van der Waals surface area contributed by atoms with Gasteiger partial charge in [-0.05, 0) is 36.7 Å². The van der Waals surface area contributed by atoms with Crippen LogP contribution < -0.4 is 10.8 Å². The molecule has 1 atom stereocenters. The van der Waals surface area contributed by atoms with Crippen LogP contribution in [0.25, 0.3) is 10.9 Å². The second-order valence-electron chi connectivity index (χ2n) is 6.65. The third-order valence-electron chi connectivity index (χ3n) is 4.70. The fourth-order valence-corrected chi connectivity index (χ4v) is 5.46. The maximum atomic E-state index is 11.3. The van der Waals surface area contributed by atoms with Crippen LogP contribution in [0.5, 0.6) is 0 Å². The maximum absolute atomic E-state index is 11.3. The van der Waals surface area contributed by atoms with Gasteiger partial charge in [0, 0.05) is 39.2 Å². The zero-order chi connectivity index (χ0) is 19.3. The highest BCUT2D eigenvalue weighted by atomic mass is 32.2. The second kappa shape index (κ2) is 8.91. The van der Waals surface area contributed by atoms with Gasteiger partial charge in [-0.3, -0.25) is 15.0 Å². The van der Waals surface area contributed by atoms with E-state index in [-0.39, 0.29) is 12.5 Å². The number of nitrogens with zero attached hydrogens (tertiary/aromatic N) is 1. The Kier molecular flexibility index (Phi) is 6.11. The number of fused-ring (bicyclic) bond motifs is 1. The van der Waals surface area contributed by atoms with Gasteiger partial charge in [0.1, 0.15) is 0 Å². The molecule has 0 saturated carbocycles. The summed E-state index contributed by atoms with van der Waals surface area (Å²) in [5, 5.41) is 14.6. The number of rotatable bonds is 8. The molecule has 4 N–H and O–H groups in total. The largest absolute Gasteiger partial charge is 0.361 e. The number of para-hydroxylation sites is 1. The number of hydrogen-bond acceptors (Lipinski definition) is 6. The molecular formula is C20H22N4O2S2. The molecule has 4 rings (SSSR count). The summed E-state index contributed by atoms with van der Waals surface area (Å²) in [6.07, 6.45) is 3.27. The molecule has 0 saturated heterocycles. The van der Waals surface area contributed by atoms with Crippen molar-refractivity contribution in [2.45, 2.75) is 18.9 Å². The molecule has 1 aliphatic rings. The normalized spacial score (nSPS) is 16.5. The highest BCUT2D eigenvalue weighted by Crippen LogP contribution is 2.34. The van der Waals surface area contributed by atoms with E-state index in [4.69, 9.17) is 10.2 Å². The Morgan fingerprint density at radius 1 is 1.29 bits per heavy atom. The Morgan fingerprint density at radius 2 is 2.18 bits per heavy atom. The van der Waals surface area contributed by atoms with Crippen molar-refractivity contribution in [3.8, 4) is 0 Å². The van der Waals surface area contributed by atoms with E-state index in [1.54, 1.807) is 28.6 Å². The highest BCUT2D eigenvalue weighted by molar-refractivity contribution is 8.14. The molecule has 1 aromatic carbocycles. The number of thioether (sulfide) groups is 1. The lowest BCUT2D eigenvalue weighted by atomic mass is 10.1. The molecule has 28 heavy (non-hydrogen) atoms. The molecular weight excluding hydrogens is 392 g/mol. The molecule has 1 unspecified atom stereocenters. The molecule has 6 nitrogen and oxygen atoms in total. The number of hydrogen-bond donors (Lipinski definition) is 4. The number of benzene rings is 1. The summed E-state index contributed by atoms with van der Waals surface area (Å²) in [6.45, 7) is 1.69. The molecule has 3 aromatic rings. The minimum atomic E-state index is -0.391. The van der Waals surface area contributed by atoms with Gasteiger partial charge in [-0.1, -0.05) is 18.2 Å². The van der Waals surface area contributed by atoms with Crippen molar-refractivity contribution in [3.63, 3.8) is 0 Å². The van der Waals surface area contributed by atoms with Crippen LogP contribution in [0.2, 0.25) is 0 Å². The SMILES string of the molecule is O=C(Cc1ccc(C2CSC(CNCCc3c[nH]c4ccccc34)=N2)s1)NO. The van der Waals surface area contributed by atoms with Gasteiger partial charge in [0.2, 0.25) is 5.91 Å². The summed E-state index contributed by atoms with van der Waals surface area (Å²) in [4.78, 5) is 21.5. The van der Waals surface area contributed by atoms with E-state index in [0.717, 1.165) is 35.2 Å². The van der Waals surface area contributed by atoms with Gasteiger partial charge < -0.3 is 10.3 Å². The summed E-state index contributed by atoms with van der Waals surface area (Å²) in [5.74, 6) is 0.545. The van der Waals surface area contributed by atoms with Gasteiger partial charge in [-0.25, -0.2) is 5.48 Å². The van der Waals surface area contributed by atoms with Crippen molar-refractivity contribution in [3.05, 3.63) is 57.9 Å². The Labute approximate surface area is 171 Å². The number of amides is 1. The zero-order valence-corrected chi connectivity index (χ0v) is 16.9. The number of thiophene rings is 1. The first-order valence-corrected chi connectivity index (χ1v) is 11.0. The Balaban J connectivity index is 1.26. The van der Waals surface area contributed by atoms with Crippen LogP contribution in [0.15, 0.2) is 47.6 Å². The van der Waals surface area contributed by atoms with Crippen molar-refractivity contribution in [2.75, 3.05) is 18.8 Å². The first-order chi connectivity index (χ1) is 13.7. The topological polar surface area (TPSA) is 89.5 Å². The second-order valence-corrected chi connectivity index (χ2v) is 8.94. The Morgan fingerprint density at radius 3 is 3.07 bits per heavy atom. The molecule has 1 aliphatic heterocycles. The average Bonchev–Trinajstić information content (AvgIpc) is 3.45. The summed E-state index contributed by atoms with van der Waals surface area (Å²) in [5.41, 5.74) is 4.19. The maximum Gasteiger partial charge on any atom is 0.248 e. The number of hydroxylamine groups is 1. The van der Waals surface area contributed by atoms with E-state index in [9.17, 15) is 4.79 Å². The van der Waals surface area contributed by atoms with Crippen LogP contribution in [-0.4, -0.2) is 40.0 Å². The van der Waals surface area contributed by atoms with Crippen molar-refractivity contribution in [1.29, 1.82) is 0 Å². The van der Waals surface area contributed by atoms with Gasteiger partial charge in [0.15, 0.2) is 0 Å². The highest BCUT2D eigenvalue weighted by Gasteiger charge is 2.21. The van der Waals surface area contributed by atoms with Crippen molar-refractivity contribution < 1.29 is 10.0 Å². The van der Waals surface area contributed by atoms with Crippen molar-refractivity contribution in [2.24, 2.45) is 4.99 Å². The van der Waals surface area contributed by atoms with Crippen molar-refractivity contribution in [1.82, 2.24) is 15.8 Å².